The number of hydrogen-bond acceptors (Lipinski definition) is 4. The monoisotopic (exact) mass is 372 g/mol. The second-order valence-corrected chi connectivity index (χ2v) is 8.33. The molecule has 3 rings (SSSR count). The van der Waals surface area contributed by atoms with Crippen LogP contribution in [-0.4, -0.2) is 62.9 Å². The van der Waals surface area contributed by atoms with Crippen LogP contribution in [-0.2, 0) is 14.8 Å². The SMILES string of the molecule is O=C(c1ccc(Cl)c(S(=O)(=O)N2CCCCC2)c1)N1CCOCC1. The molecule has 0 atom stereocenters. The predicted molar refractivity (Wildman–Crippen MR) is 90.8 cm³/mol. The minimum atomic E-state index is -3.67. The Hall–Kier alpha value is -1.15. The Morgan fingerprint density at radius 2 is 1.71 bits per heavy atom. The standard InChI is InChI=1S/C16H21ClN2O4S/c17-14-5-4-13(16(20)18-8-10-23-11-9-18)12-15(14)24(21,22)19-6-2-1-3-7-19/h4-5,12H,1-3,6-11H2. The van der Waals surface area contributed by atoms with Crippen LogP contribution in [0.25, 0.3) is 0 Å². The van der Waals surface area contributed by atoms with Crippen LogP contribution in [0.5, 0.6) is 0 Å². The molecule has 2 saturated heterocycles. The highest BCUT2D eigenvalue weighted by Gasteiger charge is 2.29. The van der Waals surface area contributed by atoms with Gasteiger partial charge in [-0.2, -0.15) is 4.31 Å². The lowest BCUT2D eigenvalue weighted by Crippen LogP contribution is -2.40. The van der Waals surface area contributed by atoms with Gasteiger partial charge in [-0.1, -0.05) is 18.0 Å². The van der Waals surface area contributed by atoms with E-state index in [0.717, 1.165) is 19.3 Å². The maximum absolute atomic E-state index is 12.9. The van der Waals surface area contributed by atoms with E-state index >= 15 is 0 Å². The first-order chi connectivity index (χ1) is 11.5. The van der Waals surface area contributed by atoms with Gasteiger partial charge < -0.3 is 9.64 Å². The molecular weight excluding hydrogens is 352 g/mol. The molecule has 132 valence electrons. The first-order valence-corrected chi connectivity index (χ1v) is 9.99. The Bertz CT molecular complexity index is 711. The highest BCUT2D eigenvalue weighted by Crippen LogP contribution is 2.28. The normalized spacial score (nSPS) is 20.1. The van der Waals surface area contributed by atoms with Gasteiger partial charge in [-0.3, -0.25) is 4.79 Å². The van der Waals surface area contributed by atoms with Crippen LogP contribution >= 0.6 is 11.6 Å². The topological polar surface area (TPSA) is 66.9 Å². The molecule has 0 bridgehead atoms. The van der Waals surface area contributed by atoms with Crippen LogP contribution < -0.4 is 0 Å². The second-order valence-electron chi connectivity index (χ2n) is 6.01. The summed E-state index contributed by atoms with van der Waals surface area (Å²) in [5.41, 5.74) is 0.344. The van der Waals surface area contributed by atoms with Gasteiger partial charge in [0.1, 0.15) is 4.90 Å². The summed E-state index contributed by atoms with van der Waals surface area (Å²) in [6, 6.07) is 4.48. The zero-order valence-electron chi connectivity index (χ0n) is 13.4. The molecule has 6 nitrogen and oxygen atoms in total. The molecule has 2 aliphatic heterocycles. The molecule has 1 amide bonds. The van der Waals surface area contributed by atoms with E-state index in [-0.39, 0.29) is 15.8 Å². The molecule has 2 aliphatic rings. The zero-order valence-corrected chi connectivity index (χ0v) is 15.0. The van der Waals surface area contributed by atoms with Gasteiger partial charge in [-0.05, 0) is 31.0 Å². The van der Waals surface area contributed by atoms with Gasteiger partial charge in [0.2, 0.25) is 10.0 Å². The molecule has 0 aliphatic carbocycles. The number of amides is 1. The van der Waals surface area contributed by atoms with E-state index in [1.165, 1.54) is 16.4 Å². The summed E-state index contributed by atoms with van der Waals surface area (Å²) in [7, 11) is -3.67. The van der Waals surface area contributed by atoms with Gasteiger partial charge in [0, 0.05) is 31.7 Å². The van der Waals surface area contributed by atoms with Crippen molar-refractivity contribution in [2.24, 2.45) is 0 Å². The number of sulfonamides is 1. The van der Waals surface area contributed by atoms with Crippen molar-refractivity contribution in [3.8, 4) is 0 Å². The molecule has 0 N–H and O–H groups in total. The summed E-state index contributed by atoms with van der Waals surface area (Å²) in [6.07, 6.45) is 2.74. The molecule has 24 heavy (non-hydrogen) atoms. The highest BCUT2D eigenvalue weighted by molar-refractivity contribution is 7.89. The zero-order chi connectivity index (χ0) is 17.2. The molecule has 2 fully saturated rings. The fourth-order valence-electron chi connectivity index (χ4n) is 3.03. The van der Waals surface area contributed by atoms with Gasteiger partial charge in [-0.25, -0.2) is 8.42 Å². The van der Waals surface area contributed by atoms with Gasteiger partial charge in [0.05, 0.1) is 18.2 Å². The van der Waals surface area contributed by atoms with Crippen molar-refractivity contribution in [3.05, 3.63) is 28.8 Å². The first-order valence-electron chi connectivity index (χ1n) is 8.17. The van der Waals surface area contributed by atoms with Crippen LogP contribution in [0.3, 0.4) is 0 Å². The summed E-state index contributed by atoms with van der Waals surface area (Å²) in [6.45, 7) is 3.02. The number of rotatable bonds is 3. The van der Waals surface area contributed by atoms with Gasteiger partial charge in [0.25, 0.3) is 5.91 Å². The number of carbonyl (C=O) groups excluding carboxylic acids is 1. The Balaban J connectivity index is 1.89. The van der Waals surface area contributed by atoms with Crippen LogP contribution in [0.1, 0.15) is 29.6 Å². The number of morpholine rings is 1. The van der Waals surface area contributed by atoms with Gasteiger partial charge >= 0.3 is 0 Å². The fourth-order valence-corrected chi connectivity index (χ4v) is 5.04. The van der Waals surface area contributed by atoms with Crippen molar-refractivity contribution >= 4 is 27.5 Å². The number of halogens is 1. The van der Waals surface area contributed by atoms with Crippen LogP contribution in [0.4, 0.5) is 0 Å². The molecule has 0 saturated carbocycles. The molecule has 1 aromatic carbocycles. The minimum Gasteiger partial charge on any atom is -0.378 e. The average Bonchev–Trinajstić information content (AvgIpc) is 2.63. The van der Waals surface area contributed by atoms with Crippen molar-refractivity contribution < 1.29 is 17.9 Å². The molecule has 8 heteroatoms. The molecule has 1 aromatic rings. The van der Waals surface area contributed by atoms with Gasteiger partial charge in [-0.15, -0.1) is 0 Å². The van der Waals surface area contributed by atoms with E-state index in [0.29, 0.717) is 45.0 Å². The number of ether oxygens (including phenoxy) is 1. The summed E-state index contributed by atoms with van der Waals surface area (Å²) in [5, 5.41) is 0.152. The number of piperidine rings is 1. The maximum Gasteiger partial charge on any atom is 0.254 e. The van der Waals surface area contributed by atoms with E-state index < -0.39 is 10.0 Å². The lowest BCUT2D eigenvalue weighted by Gasteiger charge is -2.28. The van der Waals surface area contributed by atoms with E-state index in [9.17, 15) is 13.2 Å². The molecule has 2 heterocycles. The van der Waals surface area contributed by atoms with Crippen LogP contribution in [0.2, 0.25) is 5.02 Å². The summed E-state index contributed by atoms with van der Waals surface area (Å²) < 4.78 is 32.4. The lowest BCUT2D eigenvalue weighted by atomic mass is 10.2. The fraction of sp³-hybridized carbons (Fsp3) is 0.562. The first kappa shape index (κ1) is 17.7. The van der Waals surface area contributed by atoms with Crippen molar-refractivity contribution in [2.75, 3.05) is 39.4 Å². The van der Waals surface area contributed by atoms with Crippen molar-refractivity contribution in [3.63, 3.8) is 0 Å². The van der Waals surface area contributed by atoms with Crippen molar-refractivity contribution in [2.45, 2.75) is 24.2 Å². The van der Waals surface area contributed by atoms with Crippen molar-refractivity contribution in [1.82, 2.24) is 9.21 Å². The third-order valence-corrected chi connectivity index (χ3v) is 6.79. The van der Waals surface area contributed by atoms with E-state index in [4.69, 9.17) is 16.3 Å². The van der Waals surface area contributed by atoms with E-state index in [1.54, 1.807) is 11.0 Å². The van der Waals surface area contributed by atoms with E-state index in [1.807, 2.05) is 0 Å². The number of hydrogen-bond donors (Lipinski definition) is 0. The molecule has 0 unspecified atom stereocenters. The number of nitrogens with zero attached hydrogens (tertiary/aromatic N) is 2. The van der Waals surface area contributed by atoms with Crippen molar-refractivity contribution in [1.29, 1.82) is 0 Å². The van der Waals surface area contributed by atoms with Crippen LogP contribution in [0.15, 0.2) is 23.1 Å². The number of carbonyl (C=O) groups is 1. The predicted octanol–water partition coefficient (Wildman–Crippen LogP) is 1.99. The Labute approximate surface area is 147 Å². The third kappa shape index (κ3) is 3.59. The highest BCUT2D eigenvalue weighted by atomic mass is 35.5. The Morgan fingerprint density at radius 3 is 2.38 bits per heavy atom. The second kappa shape index (κ2) is 7.39. The third-order valence-electron chi connectivity index (χ3n) is 4.41. The minimum absolute atomic E-state index is 0.0187. The van der Waals surface area contributed by atoms with Crippen LogP contribution in [0, 0.1) is 0 Å². The summed E-state index contributed by atoms with van der Waals surface area (Å²) in [4.78, 5) is 14.3. The summed E-state index contributed by atoms with van der Waals surface area (Å²) in [5.74, 6) is -0.190. The Kier molecular flexibility index (Phi) is 5.44. The molecule has 0 aromatic heterocycles. The smallest absolute Gasteiger partial charge is 0.254 e. The lowest BCUT2D eigenvalue weighted by molar-refractivity contribution is 0.0302. The Morgan fingerprint density at radius 1 is 1.04 bits per heavy atom. The van der Waals surface area contributed by atoms with Gasteiger partial charge in [0.15, 0.2) is 0 Å². The molecule has 0 spiro atoms. The van der Waals surface area contributed by atoms with E-state index in [2.05, 4.69) is 0 Å². The largest absolute Gasteiger partial charge is 0.378 e. The average molecular weight is 373 g/mol. The quantitative estimate of drug-likeness (QED) is 0.813. The number of benzene rings is 1. The summed E-state index contributed by atoms with van der Waals surface area (Å²) >= 11 is 6.14. The molecular formula is C16H21ClN2O4S. The molecule has 0 radical (unpaired) electrons. The maximum atomic E-state index is 12.9.